The van der Waals surface area contributed by atoms with Gasteiger partial charge in [-0.15, -0.1) is 5.10 Å². The number of nitrogen functional groups attached to an aromatic ring is 1. The molecule has 0 atom stereocenters. The second kappa shape index (κ2) is 8.63. The Balaban J connectivity index is 1.76. The molecule has 10 heteroatoms. The van der Waals surface area contributed by atoms with Crippen LogP contribution in [0.15, 0.2) is 54.9 Å². The van der Waals surface area contributed by atoms with Gasteiger partial charge in [-0.25, -0.2) is 14.8 Å². The van der Waals surface area contributed by atoms with Crippen molar-refractivity contribution in [3.05, 3.63) is 77.8 Å². The first kappa shape index (κ1) is 21.1. The van der Waals surface area contributed by atoms with Gasteiger partial charge in [-0.1, -0.05) is 18.2 Å². The number of rotatable bonds is 6. The number of pyridine rings is 1. The third-order valence-corrected chi connectivity index (χ3v) is 5.47. The predicted molar refractivity (Wildman–Crippen MR) is 127 cm³/mol. The van der Waals surface area contributed by atoms with Gasteiger partial charge in [-0.2, -0.15) is 9.61 Å². The van der Waals surface area contributed by atoms with E-state index in [4.69, 9.17) is 22.0 Å². The van der Waals surface area contributed by atoms with E-state index in [1.807, 2.05) is 41.9 Å². The van der Waals surface area contributed by atoms with Gasteiger partial charge in [-0.05, 0) is 36.8 Å². The number of ether oxygens (including phenoxy) is 1. The maximum absolute atomic E-state index is 7.40. The molecular weight excluding hydrogens is 430 g/mol. The Morgan fingerprint density at radius 2 is 2.00 bits per heavy atom. The number of hydrogen-bond donors (Lipinski definition) is 1. The molecule has 0 aliphatic heterocycles. The lowest BCUT2D eigenvalue weighted by molar-refractivity contribution is 0.407. The lowest BCUT2D eigenvalue weighted by Crippen LogP contribution is -2.08. The smallest absolute Gasteiger partial charge is 0.223 e. The molecule has 4 aromatic heterocycles. The van der Waals surface area contributed by atoms with Crippen molar-refractivity contribution in [1.29, 1.82) is 0 Å². The number of aryl methyl sites for hydroxylation is 1. The summed E-state index contributed by atoms with van der Waals surface area (Å²) in [5.74, 6) is 1.38. The highest BCUT2D eigenvalue weighted by molar-refractivity contribution is 5.90. The molecule has 0 aliphatic carbocycles. The standard InChI is InChI=1S/C24H21N9O/c1-4-32-18(10-12-28-32)21-22(15-7-5-8-16(13-15)26-2)30-24(25)33-23(21)29-20(31-33)14-17-19(34-3)9-6-11-27-17/h5-13H,4,14H2,1,3H3,(H2,25,30). The Bertz CT molecular complexity index is 1540. The van der Waals surface area contributed by atoms with Crippen LogP contribution >= 0.6 is 0 Å². The van der Waals surface area contributed by atoms with Gasteiger partial charge in [-0.3, -0.25) is 9.67 Å². The van der Waals surface area contributed by atoms with Crippen molar-refractivity contribution in [2.24, 2.45) is 0 Å². The van der Waals surface area contributed by atoms with Gasteiger partial charge in [0.05, 0.1) is 42.7 Å². The van der Waals surface area contributed by atoms with Gasteiger partial charge in [0, 0.05) is 18.9 Å². The molecule has 4 heterocycles. The molecule has 0 fully saturated rings. The Kier molecular flexibility index (Phi) is 5.35. The fourth-order valence-electron chi connectivity index (χ4n) is 3.93. The highest BCUT2D eigenvalue weighted by Crippen LogP contribution is 2.36. The Hall–Kier alpha value is -4.78. The van der Waals surface area contributed by atoms with Crippen molar-refractivity contribution in [1.82, 2.24) is 34.3 Å². The fourth-order valence-corrected chi connectivity index (χ4v) is 3.93. The number of methoxy groups -OCH3 is 1. The van der Waals surface area contributed by atoms with Crippen molar-refractivity contribution in [3.63, 3.8) is 0 Å². The molecule has 0 amide bonds. The minimum absolute atomic E-state index is 0.191. The third kappa shape index (κ3) is 3.59. The molecule has 0 radical (unpaired) electrons. The molecule has 10 nitrogen and oxygen atoms in total. The molecule has 1 aromatic carbocycles. The molecule has 0 saturated carbocycles. The number of benzene rings is 1. The topological polar surface area (TPSA) is 113 Å². The first-order chi connectivity index (χ1) is 16.6. The van der Waals surface area contributed by atoms with Crippen molar-refractivity contribution < 1.29 is 4.74 Å². The van der Waals surface area contributed by atoms with Crippen LogP contribution in [0.5, 0.6) is 5.75 Å². The third-order valence-electron chi connectivity index (χ3n) is 5.47. The molecule has 2 N–H and O–H groups in total. The summed E-state index contributed by atoms with van der Waals surface area (Å²) in [5.41, 5.74) is 11.1. The van der Waals surface area contributed by atoms with Crippen LogP contribution in [0.1, 0.15) is 18.4 Å². The number of fused-ring (bicyclic) bond motifs is 1. The number of nitrogens with zero attached hydrogens (tertiary/aromatic N) is 8. The molecule has 0 spiro atoms. The first-order valence-corrected chi connectivity index (χ1v) is 10.7. The second-order valence-corrected chi connectivity index (χ2v) is 7.48. The predicted octanol–water partition coefficient (Wildman–Crippen LogP) is 3.80. The zero-order chi connectivity index (χ0) is 23.7. The van der Waals surface area contributed by atoms with Crippen LogP contribution in [0, 0.1) is 6.57 Å². The summed E-state index contributed by atoms with van der Waals surface area (Å²) in [4.78, 5) is 17.5. The molecule has 168 valence electrons. The van der Waals surface area contributed by atoms with E-state index < -0.39 is 0 Å². The molecule has 0 bridgehead atoms. The zero-order valence-corrected chi connectivity index (χ0v) is 18.7. The summed E-state index contributed by atoms with van der Waals surface area (Å²) in [7, 11) is 1.60. The van der Waals surface area contributed by atoms with E-state index in [9.17, 15) is 0 Å². The van der Waals surface area contributed by atoms with E-state index in [0.29, 0.717) is 41.6 Å². The van der Waals surface area contributed by atoms with E-state index in [0.717, 1.165) is 22.5 Å². The van der Waals surface area contributed by atoms with E-state index in [2.05, 4.69) is 25.0 Å². The summed E-state index contributed by atoms with van der Waals surface area (Å²) < 4.78 is 8.83. The maximum Gasteiger partial charge on any atom is 0.223 e. The summed E-state index contributed by atoms with van der Waals surface area (Å²) >= 11 is 0. The summed E-state index contributed by atoms with van der Waals surface area (Å²) in [6.07, 6.45) is 3.80. The Labute approximate surface area is 195 Å². The molecule has 0 saturated heterocycles. The van der Waals surface area contributed by atoms with E-state index in [-0.39, 0.29) is 5.95 Å². The normalized spacial score (nSPS) is 11.0. The molecular formula is C24H21N9O. The quantitative estimate of drug-likeness (QED) is 0.391. The molecule has 34 heavy (non-hydrogen) atoms. The van der Waals surface area contributed by atoms with Crippen LogP contribution in [-0.4, -0.2) is 41.5 Å². The van der Waals surface area contributed by atoms with E-state index in [1.165, 1.54) is 4.52 Å². The summed E-state index contributed by atoms with van der Waals surface area (Å²) in [6, 6.07) is 12.8. The minimum atomic E-state index is 0.191. The number of hydrogen-bond acceptors (Lipinski definition) is 7. The largest absolute Gasteiger partial charge is 0.495 e. The van der Waals surface area contributed by atoms with Gasteiger partial charge in [0.1, 0.15) is 5.75 Å². The number of anilines is 1. The monoisotopic (exact) mass is 451 g/mol. The van der Waals surface area contributed by atoms with Crippen molar-refractivity contribution in [3.8, 4) is 28.3 Å². The highest BCUT2D eigenvalue weighted by atomic mass is 16.5. The molecule has 0 aliphatic rings. The average Bonchev–Trinajstić information content (AvgIpc) is 3.51. The summed E-state index contributed by atoms with van der Waals surface area (Å²) in [6.45, 7) is 10.1. The zero-order valence-electron chi connectivity index (χ0n) is 18.7. The van der Waals surface area contributed by atoms with Crippen molar-refractivity contribution >= 4 is 17.3 Å². The van der Waals surface area contributed by atoms with Gasteiger partial charge < -0.3 is 10.5 Å². The van der Waals surface area contributed by atoms with Crippen molar-refractivity contribution in [2.45, 2.75) is 19.9 Å². The van der Waals surface area contributed by atoms with Crippen LogP contribution in [0.3, 0.4) is 0 Å². The van der Waals surface area contributed by atoms with Gasteiger partial charge in [0.25, 0.3) is 0 Å². The minimum Gasteiger partial charge on any atom is -0.495 e. The van der Waals surface area contributed by atoms with Crippen LogP contribution in [0.25, 0.3) is 33.0 Å². The lowest BCUT2D eigenvalue weighted by atomic mass is 10.0. The average molecular weight is 451 g/mol. The number of nitrogens with two attached hydrogens (primary N) is 1. The lowest BCUT2D eigenvalue weighted by Gasteiger charge is -2.13. The Morgan fingerprint density at radius 3 is 2.79 bits per heavy atom. The molecule has 5 aromatic rings. The van der Waals surface area contributed by atoms with E-state index in [1.54, 1.807) is 31.6 Å². The first-order valence-electron chi connectivity index (χ1n) is 10.7. The highest BCUT2D eigenvalue weighted by Gasteiger charge is 2.23. The molecule has 5 rings (SSSR count). The van der Waals surface area contributed by atoms with Gasteiger partial charge in [0.2, 0.25) is 5.95 Å². The number of aromatic nitrogens is 7. The van der Waals surface area contributed by atoms with Crippen LogP contribution < -0.4 is 10.5 Å². The maximum atomic E-state index is 7.40. The van der Waals surface area contributed by atoms with Gasteiger partial charge >= 0.3 is 0 Å². The van der Waals surface area contributed by atoms with Crippen LogP contribution in [0.2, 0.25) is 0 Å². The SMILES string of the molecule is [C-]#[N+]c1cccc(-c2nc(N)n3nc(Cc4ncccc4OC)nc3c2-c2ccnn2CC)c1. The Morgan fingerprint density at radius 1 is 1.12 bits per heavy atom. The fraction of sp³-hybridized carbons (Fsp3) is 0.167. The van der Waals surface area contributed by atoms with Crippen molar-refractivity contribution in [2.75, 3.05) is 12.8 Å². The van der Waals surface area contributed by atoms with Crippen LogP contribution in [0.4, 0.5) is 11.6 Å². The van der Waals surface area contributed by atoms with Crippen LogP contribution in [-0.2, 0) is 13.0 Å². The van der Waals surface area contributed by atoms with E-state index >= 15 is 0 Å². The molecule has 0 unspecified atom stereocenters. The van der Waals surface area contributed by atoms with Gasteiger partial charge in [0.15, 0.2) is 17.2 Å². The summed E-state index contributed by atoms with van der Waals surface area (Å²) in [5, 5.41) is 9.05. The second-order valence-electron chi connectivity index (χ2n) is 7.48.